The smallest absolute Gasteiger partial charge is 0.107 e. The van der Waals surface area contributed by atoms with Gasteiger partial charge in [0, 0.05) is 42.3 Å². The first-order chi connectivity index (χ1) is 15.5. The molecule has 0 N–H and O–H groups in total. The number of aromatic nitrogens is 2. The predicted octanol–water partition coefficient (Wildman–Crippen LogP) is 4.37. The molecule has 0 spiro atoms. The van der Waals surface area contributed by atoms with E-state index in [0.29, 0.717) is 37.8 Å². The van der Waals surface area contributed by atoms with E-state index >= 15 is 0 Å². The standard InChI is InChI=1S/C26H34ClN3O2/c1-4-13-31-18-25-16-30(24(17-32-25)15-20-5-9-22(27)10-6-20)23-11-7-21(8-12-23)26-14-19(2)29(3)28-26/h1,5-6,9-10,14,21,23-25H,7-8,11-13,15-18H2,2-3H3. The highest BCUT2D eigenvalue weighted by Crippen LogP contribution is 2.36. The third kappa shape index (κ3) is 5.74. The molecule has 2 aromatic rings. The van der Waals surface area contributed by atoms with Crippen LogP contribution in [0.4, 0.5) is 0 Å². The first kappa shape index (κ1) is 23.3. The number of aryl methyl sites for hydroxylation is 2. The Morgan fingerprint density at radius 1 is 1.22 bits per heavy atom. The third-order valence-corrected chi connectivity index (χ3v) is 7.25. The van der Waals surface area contributed by atoms with E-state index in [4.69, 9.17) is 32.6 Å². The highest BCUT2D eigenvalue weighted by atomic mass is 35.5. The van der Waals surface area contributed by atoms with Crippen molar-refractivity contribution in [2.24, 2.45) is 7.05 Å². The second-order valence-electron chi connectivity index (χ2n) is 9.20. The van der Waals surface area contributed by atoms with E-state index in [-0.39, 0.29) is 6.10 Å². The molecule has 0 amide bonds. The van der Waals surface area contributed by atoms with Crippen LogP contribution in [0.15, 0.2) is 30.3 Å². The fraction of sp³-hybridized carbons (Fsp3) is 0.577. The Morgan fingerprint density at radius 2 is 1.97 bits per heavy atom. The molecule has 5 nitrogen and oxygen atoms in total. The summed E-state index contributed by atoms with van der Waals surface area (Å²) in [7, 11) is 2.03. The van der Waals surface area contributed by atoms with Gasteiger partial charge in [-0.2, -0.15) is 5.10 Å². The van der Waals surface area contributed by atoms with Crippen LogP contribution in [-0.4, -0.2) is 59.2 Å². The molecule has 4 rings (SSSR count). The number of terminal acetylenes is 1. The Labute approximate surface area is 197 Å². The number of nitrogens with zero attached hydrogens (tertiary/aromatic N) is 3. The van der Waals surface area contributed by atoms with Crippen molar-refractivity contribution >= 4 is 11.6 Å². The van der Waals surface area contributed by atoms with Gasteiger partial charge in [0.2, 0.25) is 0 Å². The van der Waals surface area contributed by atoms with Crippen LogP contribution >= 0.6 is 11.6 Å². The molecule has 2 heterocycles. The van der Waals surface area contributed by atoms with Gasteiger partial charge in [-0.05, 0) is 62.8 Å². The van der Waals surface area contributed by atoms with Gasteiger partial charge < -0.3 is 9.47 Å². The largest absolute Gasteiger partial charge is 0.373 e. The van der Waals surface area contributed by atoms with E-state index in [2.05, 4.69) is 35.9 Å². The zero-order chi connectivity index (χ0) is 22.5. The number of halogens is 1. The monoisotopic (exact) mass is 455 g/mol. The zero-order valence-corrected chi connectivity index (χ0v) is 19.9. The summed E-state index contributed by atoms with van der Waals surface area (Å²) in [6, 6.07) is 11.4. The SMILES string of the molecule is C#CCOCC1CN(C2CCC(c3cc(C)n(C)n3)CC2)C(Cc2ccc(Cl)cc2)CO1. The quantitative estimate of drug-likeness (QED) is 0.459. The molecule has 1 aromatic heterocycles. The lowest BCUT2D eigenvalue weighted by molar-refractivity contribution is -0.107. The fourth-order valence-corrected chi connectivity index (χ4v) is 5.26. The first-order valence-corrected chi connectivity index (χ1v) is 12.0. The Kier molecular flexibility index (Phi) is 7.91. The number of hydrogen-bond acceptors (Lipinski definition) is 4. The van der Waals surface area contributed by atoms with E-state index in [1.807, 2.05) is 23.9 Å². The minimum Gasteiger partial charge on any atom is -0.373 e. The number of morpholine rings is 1. The van der Waals surface area contributed by atoms with Crippen molar-refractivity contribution in [3.05, 3.63) is 52.3 Å². The van der Waals surface area contributed by atoms with Crippen molar-refractivity contribution in [1.82, 2.24) is 14.7 Å². The Bertz CT molecular complexity index is 893. The fourth-order valence-electron chi connectivity index (χ4n) is 5.14. The van der Waals surface area contributed by atoms with Crippen LogP contribution in [0.1, 0.15) is 48.6 Å². The van der Waals surface area contributed by atoms with E-state index in [0.717, 1.165) is 18.0 Å². The molecular formula is C26H34ClN3O2. The van der Waals surface area contributed by atoms with Crippen molar-refractivity contribution in [2.45, 2.75) is 63.1 Å². The van der Waals surface area contributed by atoms with Crippen LogP contribution in [0.2, 0.25) is 5.02 Å². The molecule has 2 aliphatic rings. The van der Waals surface area contributed by atoms with Crippen LogP contribution < -0.4 is 0 Å². The Balaban J connectivity index is 1.42. The summed E-state index contributed by atoms with van der Waals surface area (Å²) < 4.78 is 13.8. The molecule has 2 atom stereocenters. The van der Waals surface area contributed by atoms with Crippen molar-refractivity contribution in [2.75, 3.05) is 26.4 Å². The third-order valence-electron chi connectivity index (χ3n) is 7.00. The second kappa shape index (κ2) is 10.9. The molecule has 1 aromatic carbocycles. The molecule has 0 bridgehead atoms. The topological polar surface area (TPSA) is 39.5 Å². The summed E-state index contributed by atoms with van der Waals surface area (Å²) in [5, 5.41) is 5.52. The minimum absolute atomic E-state index is 0.0704. The van der Waals surface area contributed by atoms with Gasteiger partial charge in [0.1, 0.15) is 6.61 Å². The molecule has 32 heavy (non-hydrogen) atoms. The van der Waals surface area contributed by atoms with Crippen LogP contribution in [-0.2, 0) is 22.9 Å². The lowest BCUT2D eigenvalue weighted by atomic mass is 9.82. The summed E-state index contributed by atoms with van der Waals surface area (Å²) in [4.78, 5) is 2.68. The predicted molar refractivity (Wildman–Crippen MR) is 128 cm³/mol. The molecule has 0 radical (unpaired) electrons. The second-order valence-corrected chi connectivity index (χ2v) is 9.63. The number of benzene rings is 1. The van der Waals surface area contributed by atoms with Gasteiger partial charge >= 0.3 is 0 Å². The van der Waals surface area contributed by atoms with Crippen LogP contribution in [0, 0.1) is 19.3 Å². The summed E-state index contributed by atoms with van der Waals surface area (Å²) in [5.41, 5.74) is 3.78. The van der Waals surface area contributed by atoms with Crippen LogP contribution in [0.25, 0.3) is 0 Å². The van der Waals surface area contributed by atoms with E-state index < -0.39 is 0 Å². The maximum absolute atomic E-state index is 6.19. The van der Waals surface area contributed by atoms with Gasteiger partial charge in [-0.3, -0.25) is 9.58 Å². The molecule has 1 saturated carbocycles. The zero-order valence-electron chi connectivity index (χ0n) is 19.2. The lowest BCUT2D eigenvalue weighted by Gasteiger charge is -2.46. The molecule has 1 aliphatic carbocycles. The molecule has 6 heteroatoms. The number of ether oxygens (including phenoxy) is 2. The molecule has 1 saturated heterocycles. The number of hydrogen-bond donors (Lipinski definition) is 0. The lowest BCUT2D eigenvalue weighted by Crippen LogP contribution is -2.56. The molecule has 2 unspecified atom stereocenters. The van der Waals surface area contributed by atoms with E-state index in [1.165, 1.54) is 42.6 Å². The molecular weight excluding hydrogens is 422 g/mol. The van der Waals surface area contributed by atoms with Gasteiger partial charge in [0.25, 0.3) is 0 Å². The Hall–Kier alpha value is -1.84. The molecule has 2 fully saturated rings. The number of rotatable bonds is 7. The maximum atomic E-state index is 6.19. The van der Waals surface area contributed by atoms with Crippen molar-refractivity contribution in [3.63, 3.8) is 0 Å². The minimum atomic E-state index is 0.0704. The van der Waals surface area contributed by atoms with Gasteiger partial charge in [-0.15, -0.1) is 6.42 Å². The van der Waals surface area contributed by atoms with E-state index in [1.54, 1.807) is 0 Å². The van der Waals surface area contributed by atoms with Crippen molar-refractivity contribution in [1.29, 1.82) is 0 Å². The summed E-state index contributed by atoms with van der Waals surface area (Å²) in [6.45, 7) is 4.62. The summed E-state index contributed by atoms with van der Waals surface area (Å²) in [6.07, 6.45) is 11.1. The van der Waals surface area contributed by atoms with Gasteiger partial charge in [-0.1, -0.05) is 29.7 Å². The van der Waals surface area contributed by atoms with Gasteiger partial charge in [-0.25, -0.2) is 0 Å². The highest BCUT2D eigenvalue weighted by molar-refractivity contribution is 6.30. The van der Waals surface area contributed by atoms with Gasteiger partial charge in [0.15, 0.2) is 0 Å². The van der Waals surface area contributed by atoms with Crippen molar-refractivity contribution in [3.8, 4) is 12.3 Å². The average molecular weight is 456 g/mol. The summed E-state index contributed by atoms with van der Waals surface area (Å²) in [5.74, 6) is 3.11. The highest BCUT2D eigenvalue weighted by Gasteiger charge is 2.36. The van der Waals surface area contributed by atoms with Crippen LogP contribution in [0.5, 0.6) is 0 Å². The summed E-state index contributed by atoms with van der Waals surface area (Å²) >= 11 is 6.09. The Morgan fingerprint density at radius 3 is 2.62 bits per heavy atom. The first-order valence-electron chi connectivity index (χ1n) is 11.7. The normalized spacial score (nSPS) is 26.7. The molecule has 172 valence electrons. The average Bonchev–Trinajstić information content (AvgIpc) is 3.15. The van der Waals surface area contributed by atoms with Crippen LogP contribution in [0.3, 0.4) is 0 Å². The van der Waals surface area contributed by atoms with Crippen molar-refractivity contribution < 1.29 is 9.47 Å². The van der Waals surface area contributed by atoms with E-state index in [9.17, 15) is 0 Å². The van der Waals surface area contributed by atoms with Gasteiger partial charge in [0.05, 0.1) is 25.0 Å². The maximum Gasteiger partial charge on any atom is 0.107 e. The molecule has 1 aliphatic heterocycles.